The first kappa shape index (κ1) is 25.0. The third-order valence-corrected chi connectivity index (χ3v) is 7.45. The van der Waals surface area contributed by atoms with Gasteiger partial charge in [0.25, 0.3) is 0 Å². The van der Waals surface area contributed by atoms with Crippen LogP contribution in [0.4, 0.5) is 0 Å². The molecule has 0 aromatic heterocycles. The Labute approximate surface area is 210 Å². The van der Waals surface area contributed by atoms with Crippen LogP contribution in [0.2, 0.25) is 10.0 Å². The topological polar surface area (TPSA) is 13.0 Å². The van der Waals surface area contributed by atoms with Crippen molar-refractivity contribution in [3.8, 4) is 0 Å². The fourth-order valence-corrected chi connectivity index (χ4v) is 5.28. The molecule has 2 aromatic rings. The summed E-state index contributed by atoms with van der Waals surface area (Å²) >= 11 is 12.1. The number of nitrogens with zero attached hydrogens (tertiary/aromatic N) is 4. The van der Waals surface area contributed by atoms with E-state index in [-0.39, 0.29) is 0 Å². The molecule has 0 N–H and O–H groups in total. The smallest absolute Gasteiger partial charge is 0.0406 e. The fraction of sp³-hybridized carbons (Fsp3) is 0.556. The van der Waals surface area contributed by atoms with Crippen molar-refractivity contribution >= 4 is 23.2 Å². The molecule has 180 valence electrons. The Morgan fingerprint density at radius 3 is 1.27 bits per heavy atom. The molecule has 2 aromatic carbocycles. The maximum atomic E-state index is 6.03. The first-order valence-corrected chi connectivity index (χ1v) is 13.3. The van der Waals surface area contributed by atoms with Gasteiger partial charge in [-0.3, -0.25) is 9.80 Å². The molecule has 6 heteroatoms. The minimum Gasteiger partial charge on any atom is -0.302 e. The van der Waals surface area contributed by atoms with E-state index < -0.39 is 0 Å². The van der Waals surface area contributed by atoms with E-state index in [0.29, 0.717) is 0 Å². The van der Waals surface area contributed by atoms with Crippen LogP contribution in [-0.2, 0) is 13.1 Å². The molecule has 0 saturated carbocycles. The van der Waals surface area contributed by atoms with Gasteiger partial charge in [0.1, 0.15) is 0 Å². The van der Waals surface area contributed by atoms with Gasteiger partial charge in [0, 0.05) is 49.3 Å². The summed E-state index contributed by atoms with van der Waals surface area (Å²) in [7, 11) is 0. The monoisotopic (exact) mass is 488 g/mol. The van der Waals surface area contributed by atoms with Crippen molar-refractivity contribution in [2.75, 3.05) is 65.4 Å². The summed E-state index contributed by atoms with van der Waals surface area (Å²) < 4.78 is 0. The highest BCUT2D eigenvalue weighted by molar-refractivity contribution is 6.30. The summed E-state index contributed by atoms with van der Waals surface area (Å²) in [6.45, 7) is 14.0. The van der Waals surface area contributed by atoms with Gasteiger partial charge in [-0.25, -0.2) is 0 Å². The van der Waals surface area contributed by atoms with Crippen LogP contribution in [0.25, 0.3) is 0 Å². The average molecular weight is 490 g/mol. The minimum absolute atomic E-state index is 0.819. The van der Waals surface area contributed by atoms with Gasteiger partial charge in [0.15, 0.2) is 0 Å². The largest absolute Gasteiger partial charge is 0.302 e. The molecule has 0 atom stereocenters. The van der Waals surface area contributed by atoms with Crippen molar-refractivity contribution in [1.29, 1.82) is 0 Å². The van der Waals surface area contributed by atoms with Crippen LogP contribution in [0.15, 0.2) is 48.5 Å². The molecule has 2 aliphatic rings. The van der Waals surface area contributed by atoms with E-state index in [9.17, 15) is 0 Å². The molecule has 0 spiro atoms. The van der Waals surface area contributed by atoms with Gasteiger partial charge in [0.2, 0.25) is 0 Å². The number of halogens is 2. The second-order valence-corrected chi connectivity index (χ2v) is 10.4. The molecule has 0 aliphatic carbocycles. The van der Waals surface area contributed by atoms with Crippen LogP contribution >= 0.6 is 23.2 Å². The van der Waals surface area contributed by atoms with E-state index in [4.69, 9.17) is 23.2 Å². The molecule has 2 heterocycles. The zero-order valence-corrected chi connectivity index (χ0v) is 21.3. The lowest BCUT2D eigenvalue weighted by atomic mass is 10.2. The molecule has 2 fully saturated rings. The highest BCUT2D eigenvalue weighted by Crippen LogP contribution is 2.15. The first-order chi connectivity index (χ1) is 16.1. The molecule has 0 bridgehead atoms. The molecule has 33 heavy (non-hydrogen) atoms. The predicted molar refractivity (Wildman–Crippen MR) is 140 cm³/mol. The number of benzene rings is 2. The van der Waals surface area contributed by atoms with Crippen LogP contribution in [0, 0.1) is 0 Å². The Balaban J connectivity index is 1.13. The summed E-state index contributed by atoms with van der Waals surface area (Å²) in [5.74, 6) is 0. The van der Waals surface area contributed by atoms with Gasteiger partial charge in [-0.05, 0) is 93.9 Å². The Hall–Kier alpha value is -1.14. The number of rotatable bonds is 8. The Morgan fingerprint density at radius 2 is 0.848 bits per heavy atom. The van der Waals surface area contributed by atoms with Gasteiger partial charge < -0.3 is 9.80 Å². The molecule has 4 rings (SSSR count). The van der Waals surface area contributed by atoms with E-state index in [1.165, 1.54) is 82.7 Å². The fourth-order valence-electron chi connectivity index (χ4n) is 5.03. The van der Waals surface area contributed by atoms with Crippen LogP contribution < -0.4 is 0 Å². The van der Waals surface area contributed by atoms with E-state index in [2.05, 4.69) is 43.9 Å². The zero-order valence-electron chi connectivity index (χ0n) is 19.8. The third-order valence-electron chi connectivity index (χ3n) is 6.95. The molecule has 4 nitrogen and oxygen atoms in total. The van der Waals surface area contributed by atoms with Gasteiger partial charge in [-0.1, -0.05) is 47.5 Å². The molecule has 2 aliphatic heterocycles. The average Bonchev–Trinajstić information content (AvgIpc) is 3.18. The van der Waals surface area contributed by atoms with E-state index in [1.54, 1.807) is 0 Å². The quantitative estimate of drug-likeness (QED) is 0.512. The Morgan fingerprint density at radius 1 is 0.485 bits per heavy atom. The zero-order chi connectivity index (χ0) is 22.9. The Kier molecular flexibility index (Phi) is 9.90. The highest BCUT2D eigenvalue weighted by atomic mass is 35.5. The SMILES string of the molecule is Clc1ccc(CN2CCCN(CCCN3CCCN(Cc4ccc(Cl)cc4)CC3)CC2)cc1. The third kappa shape index (κ3) is 8.54. The van der Waals surface area contributed by atoms with Crippen molar-refractivity contribution in [2.24, 2.45) is 0 Å². The normalized spacial score (nSPS) is 19.9. The van der Waals surface area contributed by atoms with Crippen molar-refractivity contribution in [1.82, 2.24) is 19.6 Å². The van der Waals surface area contributed by atoms with Gasteiger partial charge in [-0.2, -0.15) is 0 Å². The van der Waals surface area contributed by atoms with Gasteiger partial charge in [0.05, 0.1) is 0 Å². The molecule has 0 amide bonds. The van der Waals surface area contributed by atoms with Crippen molar-refractivity contribution in [2.45, 2.75) is 32.4 Å². The maximum Gasteiger partial charge on any atom is 0.0406 e. The van der Waals surface area contributed by atoms with E-state index in [1.807, 2.05) is 24.3 Å². The summed E-state index contributed by atoms with van der Waals surface area (Å²) in [6, 6.07) is 16.6. The molecule has 0 radical (unpaired) electrons. The molecular weight excluding hydrogens is 451 g/mol. The Bertz CT molecular complexity index is 758. The number of hydrogen-bond donors (Lipinski definition) is 0. The summed E-state index contributed by atoms with van der Waals surface area (Å²) in [5, 5.41) is 1.64. The minimum atomic E-state index is 0.819. The summed E-state index contributed by atoms with van der Waals surface area (Å²) in [4.78, 5) is 10.5. The van der Waals surface area contributed by atoms with Crippen molar-refractivity contribution < 1.29 is 0 Å². The van der Waals surface area contributed by atoms with E-state index >= 15 is 0 Å². The van der Waals surface area contributed by atoms with E-state index in [0.717, 1.165) is 36.2 Å². The lowest BCUT2D eigenvalue weighted by Gasteiger charge is -2.24. The van der Waals surface area contributed by atoms with Crippen molar-refractivity contribution in [3.63, 3.8) is 0 Å². The molecule has 2 saturated heterocycles. The van der Waals surface area contributed by atoms with Crippen LogP contribution in [0.1, 0.15) is 30.4 Å². The summed E-state index contributed by atoms with van der Waals surface area (Å²) in [5.41, 5.74) is 2.72. The first-order valence-electron chi connectivity index (χ1n) is 12.5. The lowest BCUT2D eigenvalue weighted by Crippen LogP contribution is -2.34. The van der Waals surface area contributed by atoms with Crippen LogP contribution in [0.3, 0.4) is 0 Å². The molecular formula is C27H38Cl2N4. The molecule has 0 unspecified atom stereocenters. The van der Waals surface area contributed by atoms with Gasteiger partial charge >= 0.3 is 0 Å². The highest BCUT2D eigenvalue weighted by Gasteiger charge is 2.17. The number of hydrogen-bond acceptors (Lipinski definition) is 4. The maximum absolute atomic E-state index is 6.03. The lowest BCUT2D eigenvalue weighted by molar-refractivity contribution is 0.221. The second-order valence-electron chi connectivity index (χ2n) is 9.55. The second kappa shape index (κ2) is 13.1. The van der Waals surface area contributed by atoms with Crippen molar-refractivity contribution in [3.05, 3.63) is 69.7 Å². The van der Waals surface area contributed by atoms with Crippen LogP contribution in [0.5, 0.6) is 0 Å². The van der Waals surface area contributed by atoms with Crippen LogP contribution in [-0.4, -0.2) is 85.0 Å². The standard InChI is InChI=1S/C27H38Cl2N4/c28-26-8-4-24(5-9-26)22-32-16-2-14-30(18-20-32)12-1-13-31-15-3-17-33(21-19-31)23-25-6-10-27(29)11-7-25/h4-11H,1-3,12-23H2. The van der Waals surface area contributed by atoms with Gasteiger partial charge in [-0.15, -0.1) is 0 Å². The summed E-state index contributed by atoms with van der Waals surface area (Å²) in [6.07, 6.45) is 3.79. The predicted octanol–water partition coefficient (Wildman–Crippen LogP) is 5.10.